The highest BCUT2D eigenvalue weighted by atomic mass is 32.1. The molecule has 0 saturated carbocycles. The maximum absolute atomic E-state index is 9.07. The minimum atomic E-state index is 0.421. The van der Waals surface area contributed by atoms with Crippen LogP contribution in [0.4, 0.5) is 17.2 Å². The minimum absolute atomic E-state index is 0.421. The molecule has 19 heavy (non-hydrogen) atoms. The van der Waals surface area contributed by atoms with Gasteiger partial charge in [-0.05, 0) is 24.3 Å². The summed E-state index contributed by atoms with van der Waals surface area (Å²) < 4.78 is 1.08. The van der Waals surface area contributed by atoms with Crippen molar-refractivity contribution in [2.45, 2.75) is 0 Å². The fourth-order valence-corrected chi connectivity index (χ4v) is 2.45. The van der Waals surface area contributed by atoms with Crippen molar-refractivity contribution in [1.29, 1.82) is 5.26 Å². The number of nitrogen functional groups attached to an aromatic ring is 1. The number of fused-ring (bicyclic) bond motifs is 1. The summed E-state index contributed by atoms with van der Waals surface area (Å²) in [5.41, 5.74) is 10.1. The summed E-state index contributed by atoms with van der Waals surface area (Å²) in [5.74, 6) is 0.501. The lowest BCUT2D eigenvalue weighted by atomic mass is 10.2. The molecular formula is C13H9N5S. The Bertz CT molecular complexity index is 787. The third kappa shape index (κ3) is 2.19. The van der Waals surface area contributed by atoms with Crippen molar-refractivity contribution in [2.75, 3.05) is 11.1 Å². The van der Waals surface area contributed by atoms with Gasteiger partial charge in [0.25, 0.3) is 0 Å². The molecule has 0 bridgehead atoms. The van der Waals surface area contributed by atoms with E-state index in [-0.39, 0.29) is 0 Å². The average molecular weight is 267 g/mol. The van der Waals surface area contributed by atoms with Crippen molar-refractivity contribution >= 4 is 38.7 Å². The monoisotopic (exact) mass is 267 g/mol. The molecule has 6 heteroatoms. The summed E-state index contributed by atoms with van der Waals surface area (Å²) in [6.45, 7) is 0. The van der Waals surface area contributed by atoms with Gasteiger partial charge in [0, 0.05) is 5.69 Å². The number of hydrogen-bond donors (Lipinski definition) is 2. The fraction of sp³-hybridized carbons (Fsp3) is 0. The van der Waals surface area contributed by atoms with E-state index in [1.807, 2.05) is 18.2 Å². The molecule has 5 nitrogen and oxygen atoms in total. The van der Waals surface area contributed by atoms with Crippen LogP contribution in [0, 0.1) is 11.3 Å². The van der Waals surface area contributed by atoms with Crippen molar-refractivity contribution in [3.05, 3.63) is 41.5 Å². The quantitative estimate of drug-likeness (QED) is 0.745. The van der Waals surface area contributed by atoms with Gasteiger partial charge in [0.1, 0.15) is 11.9 Å². The van der Waals surface area contributed by atoms with E-state index in [0.29, 0.717) is 17.1 Å². The molecule has 92 valence electrons. The molecule has 3 aromatic rings. The van der Waals surface area contributed by atoms with E-state index in [1.165, 1.54) is 6.20 Å². The molecule has 3 N–H and O–H groups in total. The maximum Gasteiger partial charge on any atom is 0.148 e. The van der Waals surface area contributed by atoms with Crippen molar-refractivity contribution < 1.29 is 0 Å². The highest BCUT2D eigenvalue weighted by molar-refractivity contribution is 7.16. The predicted octanol–water partition coefficient (Wildman–Crippen LogP) is 2.89. The van der Waals surface area contributed by atoms with E-state index in [0.717, 1.165) is 15.9 Å². The lowest BCUT2D eigenvalue weighted by Gasteiger charge is -2.07. The van der Waals surface area contributed by atoms with Crippen LogP contribution in [0.3, 0.4) is 0 Å². The van der Waals surface area contributed by atoms with E-state index < -0.39 is 0 Å². The molecule has 2 aromatic heterocycles. The number of benzene rings is 1. The zero-order chi connectivity index (χ0) is 13.2. The number of hydrogen-bond acceptors (Lipinski definition) is 6. The largest absolute Gasteiger partial charge is 0.397 e. The molecule has 0 spiro atoms. The number of nitriles is 1. The van der Waals surface area contributed by atoms with E-state index in [2.05, 4.69) is 21.4 Å². The molecule has 0 amide bonds. The molecule has 0 unspecified atom stereocenters. The molecule has 3 rings (SSSR count). The van der Waals surface area contributed by atoms with Gasteiger partial charge in [0.15, 0.2) is 0 Å². The number of thiazole rings is 1. The van der Waals surface area contributed by atoms with Gasteiger partial charge in [-0.1, -0.05) is 0 Å². The van der Waals surface area contributed by atoms with Gasteiger partial charge in [-0.15, -0.1) is 11.3 Å². The zero-order valence-electron chi connectivity index (χ0n) is 9.79. The van der Waals surface area contributed by atoms with Crippen LogP contribution in [-0.4, -0.2) is 9.97 Å². The summed E-state index contributed by atoms with van der Waals surface area (Å²) in [6.07, 6.45) is 1.52. The summed E-state index contributed by atoms with van der Waals surface area (Å²) >= 11 is 1.57. The third-order valence-corrected chi connectivity index (χ3v) is 3.42. The number of rotatable bonds is 2. The first-order valence-electron chi connectivity index (χ1n) is 5.52. The average Bonchev–Trinajstić information content (AvgIpc) is 2.88. The maximum atomic E-state index is 9.07. The predicted molar refractivity (Wildman–Crippen MR) is 76.3 cm³/mol. The second-order valence-corrected chi connectivity index (χ2v) is 4.82. The first kappa shape index (κ1) is 11.4. The lowest BCUT2D eigenvalue weighted by molar-refractivity contribution is 1.29. The van der Waals surface area contributed by atoms with Crippen LogP contribution in [0.2, 0.25) is 0 Å². The van der Waals surface area contributed by atoms with E-state index in [1.54, 1.807) is 22.9 Å². The summed E-state index contributed by atoms with van der Waals surface area (Å²) in [6, 6.07) is 9.48. The Hall–Kier alpha value is -2.65. The lowest BCUT2D eigenvalue weighted by Crippen LogP contribution is -1.98. The first-order chi connectivity index (χ1) is 9.26. The van der Waals surface area contributed by atoms with Gasteiger partial charge >= 0.3 is 0 Å². The van der Waals surface area contributed by atoms with Crippen LogP contribution in [-0.2, 0) is 0 Å². The number of nitrogens with zero attached hydrogens (tertiary/aromatic N) is 3. The Balaban J connectivity index is 1.98. The number of nitrogens with one attached hydrogen (secondary N) is 1. The molecule has 0 atom stereocenters. The van der Waals surface area contributed by atoms with Crippen LogP contribution in [0.25, 0.3) is 10.2 Å². The molecule has 0 fully saturated rings. The van der Waals surface area contributed by atoms with Gasteiger partial charge in [-0.2, -0.15) is 5.26 Å². The second kappa shape index (κ2) is 4.55. The number of pyridine rings is 1. The summed E-state index contributed by atoms with van der Waals surface area (Å²) in [5, 5.41) is 12.2. The molecule has 0 aliphatic carbocycles. The Labute approximate surface area is 113 Å². The highest BCUT2D eigenvalue weighted by Crippen LogP contribution is 2.25. The van der Waals surface area contributed by atoms with Gasteiger partial charge in [0.2, 0.25) is 0 Å². The third-order valence-electron chi connectivity index (χ3n) is 2.62. The number of anilines is 3. The van der Waals surface area contributed by atoms with Crippen LogP contribution in [0.15, 0.2) is 36.0 Å². The van der Waals surface area contributed by atoms with Crippen LogP contribution in [0.5, 0.6) is 0 Å². The Morgan fingerprint density at radius 3 is 3.00 bits per heavy atom. The Morgan fingerprint density at radius 1 is 1.26 bits per heavy atom. The molecule has 1 aromatic carbocycles. The molecule has 0 radical (unpaired) electrons. The molecule has 0 aliphatic heterocycles. The highest BCUT2D eigenvalue weighted by Gasteiger charge is 2.05. The molecule has 0 saturated heterocycles. The fourth-order valence-electron chi connectivity index (χ4n) is 1.74. The van der Waals surface area contributed by atoms with Crippen LogP contribution < -0.4 is 11.1 Å². The zero-order valence-corrected chi connectivity index (χ0v) is 10.6. The van der Waals surface area contributed by atoms with Gasteiger partial charge < -0.3 is 11.1 Å². The normalized spacial score (nSPS) is 10.3. The molecular weight excluding hydrogens is 258 g/mol. The number of nitrogens with two attached hydrogens (primary N) is 1. The van der Waals surface area contributed by atoms with Crippen molar-refractivity contribution in [1.82, 2.24) is 9.97 Å². The first-order valence-corrected chi connectivity index (χ1v) is 6.40. The SMILES string of the molecule is N#Cc1cc(N)cnc1Nc1ccc2ncsc2c1. The van der Waals surface area contributed by atoms with Crippen LogP contribution >= 0.6 is 11.3 Å². The van der Waals surface area contributed by atoms with Gasteiger partial charge in [0.05, 0.1) is 33.2 Å². The number of aromatic nitrogens is 2. The van der Waals surface area contributed by atoms with Crippen LogP contribution in [0.1, 0.15) is 5.56 Å². The molecule has 2 heterocycles. The smallest absolute Gasteiger partial charge is 0.148 e. The minimum Gasteiger partial charge on any atom is -0.397 e. The topological polar surface area (TPSA) is 87.6 Å². The second-order valence-electron chi connectivity index (χ2n) is 3.94. The van der Waals surface area contributed by atoms with E-state index >= 15 is 0 Å². The van der Waals surface area contributed by atoms with Crippen molar-refractivity contribution in [3.63, 3.8) is 0 Å². The van der Waals surface area contributed by atoms with Crippen molar-refractivity contribution in [2.24, 2.45) is 0 Å². The summed E-state index contributed by atoms with van der Waals surface area (Å²) in [4.78, 5) is 8.36. The van der Waals surface area contributed by atoms with Crippen molar-refractivity contribution in [3.8, 4) is 6.07 Å². The van der Waals surface area contributed by atoms with E-state index in [9.17, 15) is 0 Å². The Morgan fingerprint density at radius 2 is 2.16 bits per heavy atom. The van der Waals surface area contributed by atoms with Gasteiger partial charge in [-0.25, -0.2) is 9.97 Å². The van der Waals surface area contributed by atoms with Gasteiger partial charge in [-0.3, -0.25) is 0 Å². The Kier molecular flexibility index (Phi) is 2.74. The molecule has 0 aliphatic rings. The summed E-state index contributed by atoms with van der Waals surface area (Å²) in [7, 11) is 0. The van der Waals surface area contributed by atoms with E-state index in [4.69, 9.17) is 11.0 Å². The standard InChI is InChI=1S/C13H9N5S/c14-5-8-3-9(15)6-16-13(8)18-10-1-2-11-12(4-10)19-7-17-11/h1-4,6-7H,15H2,(H,16,18).